The molecule has 1 amide bonds. The third kappa shape index (κ3) is 3.72. The van der Waals surface area contributed by atoms with Crippen LogP contribution in [0.15, 0.2) is 42.9 Å². The van der Waals surface area contributed by atoms with Crippen molar-refractivity contribution in [2.75, 3.05) is 6.54 Å². The van der Waals surface area contributed by atoms with Gasteiger partial charge in [-0.25, -0.2) is 9.31 Å². The Bertz CT molecular complexity index is 990. The summed E-state index contributed by atoms with van der Waals surface area (Å²) in [5.41, 5.74) is 2.58. The summed E-state index contributed by atoms with van der Waals surface area (Å²) in [6, 6.07) is 9.74. The van der Waals surface area contributed by atoms with Gasteiger partial charge in [0.15, 0.2) is 0 Å². The summed E-state index contributed by atoms with van der Waals surface area (Å²) in [5, 5.41) is 4.14. The maximum Gasteiger partial charge on any atom is 0.410 e. The van der Waals surface area contributed by atoms with Gasteiger partial charge in [0.25, 0.3) is 0 Å². The molecule has 7 nitrogen and oxygen atoms in total. The van der Waals surface area contributed by atoms with E-state index in [2.05, 4.69) is 10.1 Å². The number of carbonyl (C=O) groups is 1. The maximum absolute atomic E-state index is 12.4. The zero-order valence-corrected chi connectivity index (χ0v) is 15.7. The van der Waals surface area contributed by atoms with Gasteiger partial charge in [-0.05, 0) is 62.6 Å². The molecule has 4 rings (SSSR count). The Morgan fingerprint density at radius 2 is 2.04 bits per heavy atom. The highest BCUT2D eigenvalue weighted by Gasteiger charge is 2.26. The van der Waals surface area contributed by atoms with E-state index in [4.69, 9.17) is 9.47 Å². The summed E-state index contributed by atoms with van der Waals surface area (Å²) in [7, 11) is 0. The molecule has 0 unspecified atom stereocenters. The third-order valence-electron chi connectivity index (χ3n) is 4.35. The standard InChI is InChI=1S/C20H22N4O3/c1-20(2,3)27-19(25)23-10-8-14-6-7-16(11-15(14)12-23)26-18-17-5-4-9-24(17)22-13-21-18/h4-7,9,11,13H,8,10,12H2,1-3H3. The number of carbonyl (C=O) groups excluding carboxylic acids is 1. The number of fused-ring (bicyclic) bond motifs is 2. The van der Waals surface area contributed by atoms with Crippen molar-refractivity contribution in [3.63, 3.8) is 0 Å². The van der Waals surface area contributed by atoms with Crippen LogP contribution in [0.5, 0.6) is 11.6 Å². The predicted molar refractivity (Wildman–Crippen MR) is 99.9 cm³/mol. The van der Waals surface area contributed by atoms with Crippen LogP contribution < -0.4 is 4.74 Å². The van der Waals surface area contributed by atoms with Crippen molar-refractivity contribution < 1.29 is 14.3 Å². The van der Waals surface area contributed by atoms with E-state index in [9.17, 15) is 4.79 Å². The van der Waals surface area contributed by atoms with Crippen molar-refractivity contribution in [2.45, 2.75) is 39.3 Å². The number of ether oxygens (including phenoxy) is 2. The normalized spacial score (nSPS) is 14.1. The number of rotatable bonds is 2. The van der Waals surface area contributed by atoms with Crippen molar-refractivity contribution in [1.29, 1.82) is 0 Å². The Labute approximate surface area is 157 Å². The van der Waals surface area contributed by atoms with Gasteiger partial charge in [-0.2, -0.15) is 10.1 Å². The molecule has 1 aliphatic rings. The number of hydrogen-bond donors (Lipinski definition) is 0. The molecule has 2 aromatic heterocycles. The molecule has 140 valence electrons. The summed E-state index contributed by atoms with van der Waals surface area (Å²) < 4.78 is 13.2. The van der Waals surface area contributed by atoms with Crippen LogP contribution in [0.1, 0.15) is 31.9 Å². The lowest BCUT2D eigenvalue weighted by molar-refractivity contribution is 0.0224. The van der Waals surface area contributed by atoms with Crippen LogP contribution in [0.2, 0.25) is 0 Å². The number of hydrogen-bond acceptors (Lipinski definition) is 5. The summed E-state index contributed by atoms with van der Waals surface area (Å²) in [5.74, 6) is 1.18. The second-order valence-corrected chi connectivity index (χ2v) is 7.59. The largest absolute Gasteiger partial charge is 0.444 e. The first kappa shape index (κ1) is 17.3. The van der Waals surface area contributed by atoms with Crippen LogP contribution in [-0.4, -0.2) is 37.7 Å². The van der Waals surface area contributed by atoms with Crippen LogP contribution >= 0.6 is 0 Å². The molecule has 0 fully saturated rings. The molecule has 0 saturated heterocycles. The van der Waals surface area contributed by atoms with E-state index in [0.717, 1.165) is 17.5 Å². The molecule has 0 aliphatic carbocycles. The fourth-order valence-electron chi connectivity index (χ4n) is 3.11. The summed E-state index contributed by atoms with van der Waals surface area (Å²) in [6.07, 6.45) is 3.82. The van der Waals surface area contributed by atoms with Crippen molar-refractivity contribution in [2.24, 2.45) is 0 Å². The summed E-state index contributed by atoms with van der Waals surface area (Å²) in [4.78, 5) is 18.3. The SMILES string of the molecule is CC(C)(C)OC(=O)N1CCc2ccc(Oc3ncnn4cccc34)cc2C1. The smallest absolute Gasteiger partial charge is 0.410 e. The second-order valence-electron chi connectivity index (χ2n) is 7.59. The van der Waals surface area contributed by atoms with Crippen LogP contribution in [0, 0.1) is 0 Å². The molecule has 27 heavy (non-hydrogen) atoms. The number of nitrogens with zero attached hydrogens (tertiary/aromatic N) is 4. The van der Waals surface area contributed by atoms with Crippen LogP contribution in [0.4, 0.5) is 4.79 Å². The summed E-state index contributed by atoms with van der Waals surface area (Å²) in [6.45, 7) is 6.78. The Morgan fingerprint density at radius 1 is 1.19 bits per heavy atom. The summed E-state index contributed by atoms with van der Waals surface area (Å²) >= 11 is 0. The van der Waals surface area contributed by atoms with E-state index in [1.165, 1.54) is 11.9 Å². The maximum atomic E-state index is 12.4. The zero-order valence-electron chi connectivity index (χ0n) is 15.7. The van der Waals surface area contributed by atoms with Crippen molar-refractivity contribution in [3.8, 4) is 11.6 Å². The van der Waals surface area contributed by atoms with Gasteiger partial charge >= 0.3 is 6.09 Å². The quantitative estimate of drug-likeness (QED) is 0.690. The van der Waals surface area contributed by atoms with E-state index in [1.807, 2.05) is 57.3 Å². The van der Waals surface area contributed by atoms with E-state index < -0.39 is 5.60 Å². The van der Waals surface area contributed by atoms with E-state index in [-0.39, 0.29) is 6.09 Å². The Balaban J connectivity index is 1.54. The van der Waals surface area contributed by atoms with Crippen molar-refractivity contribution >= 4 is 11.6 Å². The lowest BCUT2D eigenvalue weighted by Gasteiger charge is -2.31. The topological polar surface area (TPSA) is 69.0 Å². The highest BCUT2D eigenvalue weighted by molar-refractivity contribution is 5.68. The zero-order chi connectivity index (χ0) is 19.0. The first-order chi connectivity index (χ1) is 12.9. The highest BCUT2D eigenvalue weighted by Crippen LogP contribution is 2.29. The first-order valence-electron chi connectivity index (χ1n) is 8.95. The van der Waals surface area contributed by atoms with E-state index in [0.29, 0.717) is 24.7 Å². The average molecular weight is 366 g/mol. The second kappa shape index (κ2) is 6.57. The molecule has 1 aliphatic heterocycles. The molecule has 0 N–H and O–H groups in total. The molecule has 0 saturated carbocycles. The monoisotopic (exact) mass is 366 g/mol. The fourth-order valence-corrected chi connectivity index (χ4v) is 3.11. The molecule has 0 radical (unpaired) electrons. The van der Waals surface area contributed by atoms with Gasteiger partial charge in [0.1, 0.15) is 23.2 Å². The average Bonchev–Trinajstić information content (AvgIpc) is 3.09. The molecule has 0 atom stereocenters. The van der Waals surface area contributed by atoms with Gasteiger partial charge in [-0.15, -0.1) is 0 Å². The minimum Gasteiger partial charge on any atom is -0.444 e. The molecule has 0 bridgehead atoms. The van der Waals surface area contributed by atoms with E-state index >= 15 is 0 Å². The minimum atomic E-state index is -0.502. The lowest BCUT2D eigenvalue weighted by atomic mass is 10.00. The van der Waals surface area contributed by atoms with Gasteiger partial charge in [0, 0.05) is 19.3 Å². The highest BCUT2D eigenvalue weighted by atomic mass is 16.6. The number of amides is 1. The third-order valence-corrected chi connectivity index (χ3v) is 4.35. The van der Waals surface area contributed by atoms with Gasteiger partial charge in [0.2, 0.25) is 5.88 Å². The molecule has 1 aromatic carbocycles. The van der Waals surface area contributed by atoms with E-state index in [1.54, 1.807) is 9.42 Å². The number of benzene rings is 1. The molecule has 7 heteroatoms. The number of aromatic nitrogens is 3. The van der Waals surface area contributed by atoms with Gasteiger partial charge in [-0.1, -0.05) is 6.07 Å². The van der Waals surface area contributed by atoms with Crippen LogP contribution in [-0.2, 0) is 17.7 Å². The van der Waals surface area contributed by atoms with Crippen LogP contribution in [0.25, 0.3) is 5.52 Å². The van der Waals surface area contributed by atoms with Gasteiger partial charge < -0.3 is 14.4 Å². The fraction of sp³-hybridized carbons (Fsp3) is 0.350. The predicted octanol–water partition coefficient (Wildman–Crippen LogP) is 3.81. The molecule has 3 heterocycles. The molecule has 0 spiro atoms. The van der Waals surface area contributed by atoms with Crippen molar-refractivity contribution in [3.05, 3.63) is 54.0 Å². The first-order valence-corrected chi connectivity index (χ1v) is 8.95. The van der Waals surface area contributed by atoms with Gasteiger partial charge in [0.05, 0.1) is 0 Å². The molecular formula is C20H22N4O3. The van der Waals surface area contributed by atoms with Crippen molar-refractivity contribution in [1.82, 2.24) is 19.5 Å². The molecular weight excluding hydrogens is 344 g/mol. The molecule has 3 aromatic rings. The lowest BCUT2D eigenvalue weighted by Crippen LogP contribution is -2.39. The van der Waals surface area contributed by atoms with Crippen LogP contribution in [0.3, 0.4) is 0 Å². The Kier molecular flexibility index (Phi) is 4.22. The van der Waals surface area contributed by atoms with Gasteiger partial charge in [-0.3, -0.25) is 0 Å². The Hall–Kier alpha value is -3.09. The minimum absolute atomic E-state index is 0.287. The Morgan fingerprint density at radius 3 is 2.85 bits per heavy atom.